The van der Waals surface area contributed by atoms with Crippen LogP contribution in [0.2, 0.25) is 0 Å². The Morgan fingerprint density at radius 3 is 1.38 bits per heavy atom. The van der Waals surface area contributed by atoms with E-state index in [9.17, 15) is 0 Å². The summed E-state index contributed by atoms with van der Waals surface area (Å²) < 4.78 is 0. The number of rotatable bonds is 3. The van der Waals surface area contributed by atoms with E-state index >= 15 is 0 Å². The fraction of sp³-hybridized carbons (Fsp3) is 1.00. The summed E-state index contributed by atoms with van der Waals surface area (Å²) in [5, 5.41) is 0. The Morgan fingerprint density at radius 1 is 0.792 bits per heavy atom. The second-order valence-electron chi connectivity index (χ2n) is 11.6. The molecule has 0 aromatic carbocycles. The quantitative estimate of drug-likeness (QED) is 0.795. The Hall–Kier alpha value is -0.0800. The van der Waals surface area contributed by atoms with Crippen LogP contribution in [-0.2, 0) is 0 Å². The molecule has 4 aliphatic rings. The summed E-state index contributed by atoms with van der Waals surface area (Å²) in [7, 11) is 0. The van der Waals surface area contributed by atoms with E-state index in [4.69, 9.17) is 11.5 Å². The third-order valence-corrected chi connectivity index (χ3v) is 11.2. The Labute approximate surface area is 149 Å². The minimum Gasteiger partial charge on any atom is -0.329 e. The van der Waals surface area contributed by atoms with Gasteiger partial charge in [0, 0.05) is 12.1 Å². The molecule has 0 heterocycles. The van der Waals surface area contributed by atoms with Crippen LogP contribution in [-0.4, -0.2) is 12.1 Å². The van der Waals surface area contributed by atoms with Crippen molar-refractivity contribution in [2.24, 2.45) is 56.8 Å². The largest absolute Gasteiger partial charge is 0.329 e. The van der Waals surface area contributed by atoms with Crippen LogP contribution in [0.15, 0.2) is 0 Å². The molecule has 0 aromatic rings. The molecule has 4 fully saturated rings. The van der Waals surface area contributed by atoms with Crippen molar-refractivity contribution in [3.63, 3.8) is 0 Å². The second kappa shape index (κ2) is 4.60. The Balaban J connectivity index is 1.74. The third-order valence-electron chi connectivity index (χ3n) is 11.2. The van der Waals surface area contributed by atoms with Crippen LogP contribution in [0.5, 0.6) is 0 Å². The lowest BCUT2D eigenvalue weighted by Crippen LogP contribution is -2.65. The van der Waals surface area contributed by atoms with Crippen molar-refractivity contribution in [3.8, 4) is 0 Å². The molecule has 0 spiro atoms. The van der Waals surface area contributed by atoms with Crippen molar-refractivity contribution in [3.05, 3.63) is 0 Å². The van der Waals surface area contributed by atoms with Crippen LogP contribution in [0.25, 0.3) is 0 Å². The van der Waals surface area contributed by atoms with Gasteiger partial charge in [-0.3, -0.25) is 0 Å². The lowest BCUT2D eigenvalue weighted by Gasteiger charge is -2.55. The molecule has 4 saturated carbocycles. The first-order valence-corrected chi connectivity index (χ1v) is 10.4. The molecule has 138 valence electrons. The summed E-state index contributed by atoms with van der Waals surface area (Å²) in [6, 6.07) is 0. The maximum Gasteiger partial charge on any atom is 0.0346 e. The lowest BCUT2D eigenvalue weighted by molar-refractivity contribution is -0.0240. The molecule has 4 rings (SSSR count). The van der Waals surface area contributed by atoms with Gasteiger partial charge in [0.2, 0.25) is 0 Å². The fourth-order valence-electron chi connectivity index (χ4n) is 8.56. The van der Waals surface area contributed by atoms with Crippen molar-refractivity contribution in [2.75, 3.05) is 6.54 Å². The van der Waals surface area contributed by atoms with Gasteiger partial charge in [-0.05, 0) is 83.9 Å². The van der Waals surface area contributed by atoms with Gasteiger partial charge in [0.1, 0.15) is 0 Å². The molecule has 6 atom stereocenters. The van der Waals surface area contributed by atoms with Crippen molar-refractivity contribution in [1.82, 2.24) is 0 Å². The predicted octanol–water partition coefficient (Wildman–Crippen LogP) is 4.57. The summed E-state index contributed by atoms with van der Waals surface area (Å²) >= 11 is 0. The average Bonchev–Trinajstić information content (AvgIpc) is 3.04. The van der Waals surface area contributed by atoms with Gasteiger partial charge < -0.3 is 11.5 Å². The van der Waals surface area contributed by atoms with Crippen LogP contribution in [0.3, 0.4) is 0 Å². The molecule has 4 aliphatic carbocycles. The Morgan fingerprint density at radius 2 is 1.17 bits per heavy atom. The van der Waals surface area contributed by atoms with E-state index in [1.165, 1.54) is 38.5 Å². The van der Waals surface area contributed by atoms with Gasteiger partial charge in [0.15, 0.2) is 0 Å². The molecular weight excluding hydrogens is 292 g/mol. The van der Waals surface area contributed by atoms with Gasteiger partial charge in [-0.25, -0.2) is 0 Å². The monoisotopic (exact) mass is 332 g/mol. The van der Waals surface area contributed by atoms with Gasteiger partial charge in [0.05, 0.1) is 0 Å². The van der Waals surface area contributed by atoms with Crippen molar-refractivity contribution < 1.29 is 0 Å². The summed E-state index contributed by atoms with van der Waals surface area (Å²) in [6.45, 7) is 15.8. The molecule has 24 heavy (non-hydrogen) atoms. The highest BCUT2D eigenvalue weighted by Crippen LogP contribution is 2.75. The SMILES string of the molecule is CC1(C)C2CCC1(C)C(C(N)(CN)C1CC3CCC1(C)C3(C)C)C2. The van der Waals surface area contributed by atoms with Gasteiger partial charge in [-0.2, -0.15) is 0 Å². The molecule has 0 aromatic heterocycles. The van der Waals surface area contributed by atoms with E-state index in [0.29, 0.717) is 40.0 Å². The van der Waals surface area contributed by atoms with Crippen molar-refractivity contribution in [2.45, 2.75) is 85.6 Å². The van der Waals surface area contributed by atoms with E-state index < -0.39 is 0 Å². The maximum atomic E-state index is 7.37. The molecule has 0 radical (unpaired) electrons. The Kier molecular flexibility index (Phi) is 3.32. The maximum absolute atomic E-state index is 7.37. The molecule has 6 unspecified atom stereocenters. The fourth-order valence-corrected chi connectivity index (χ4v) is 8.56. The molecule has 0 aliphatic heterocycles. The van der Waals surface area contributed by atoms with Crippen molar-refractivity contribution >= 4 is 0 Å². The third kappa shape index (κ3) is 1.62. The van der Waals surface area contributed by atoms with E-state index in [1.807, 2.05) is 0 Å². The zero-order valence-corrected chi connectivity index (χ0v) is 16.9. The van der Waals surface area contributed by atoms with Crippen LogP contribution in [0, 0.1) is 45.3 Å². The minimum absolute atomic E-state index is 0.178. The van der Waals surface area contributed by atoms with Gasteiger partial charge in [-0.1, -0.05) is 41.5 Å². The predicted molar refractivity (Wildman–Crippen MR) is 101 cm³/mol. The van der Waals surface area contributed by atoms with E-state index in [1.54, 1.807) is 0 Å². The van der Waals surface area contributed by atoms with Crippen LogP contribution in [0.1, 0.15) is 80.1 Å². The summed E-state index contributed by atoms with van der Waals surface area (Å²) in [5.74, 6) is 2.89. The minimum atomic E-state index is -0.178. The Bertz CT molecular complexity index is 506. The van der Waals surface area contributed by atoms with Crippen molar-refractivity contribution in [1.29, 1.82) is 0 Å². The van der Waals surface area contributed by atoms with Crippen LogP contribution in [0.4, 0.5) is 0 Å². The van der Waals surface area contributed by atoms with E-state index in [2.05, 4.69) is 41.5 Å². The zero-order chi connectivity index (χ0) is 17.8. The standard InChI is InChI=1S/C22H40N2/c1-18(2)14-7-9-20(18,5)16(11-14)22(24,13-23)17-12-15-8-10-21(17,6)19(15,3)4/h14-17H,7-13,23-24H2,1-6H3. The normalized spacial score (nSPS) is 53.5. The number of fused-ring (bicyclic) bond motifs is 4. The summed E-state index contributed by atoms with van der Waals surface area (Å²) in [5.41, 5.74) is 15.3. The van der Waals surface area contributed by atoms with E-state index in [0.717, 1.165) is 11.8 Å². The highest BCUT2D eigenvalue weighted by atomic mass is 14.9. The summed E-state index contributed by atoms with van der Waals surface area (Å²) in [4.78, 5) is 0. The lowest BCUT2D eigenvalue weighted by atomic mass is 9.53. The second-order valence-corrected chi connectivity index (χ2v) is 11.6. The number of hydrogen-bond acceptors (Lipinski definition) is 2. The van der Waals surface area contributed by atoms with Gasteiger partial charge in [-0.15, -0.1) is 0 Å². The molecule has 0 amide bonds. The highest BCUT2D eigenvalue weighted by molar-refractivity contribution is 5.23. The first-order valence-electron chi connectivity index (χ1n) is 10.4. The zero-order valence-electron chi connectivity index (χ0n) is 16.9. The molecule has 2 nitrogen and oxygen atoms in total. The molecular formula is C22H40N2. The molecule has 4 N–H and O–H groups in total. The number of nitrogens with two attached hydrogens (primary N) is 2. The van der Waals surface area contributed by atoms with Crippen LogP contribution < -0.4 is 11.5 Å². The van der Waals surface area contributed by atoms with E-state index in [-0.39, 0.29) is 5.54 Å². The smallest absolute Gasteiger partial charge is 0.0346 e. The first-order chi connectivity index (χ1) is 10.9. The first kappa shape index (κ1) is 17.3. The van der Waals surface area contributed by atoms with Gasteiger partial charge >= 0.3 is 0 Å². The van der Waals surface area contributed by atoms with Gasteiger partial charge in [0.25, 0.3) is 0 Å². The molecule has 0 saturated heterocycles. The number of hydrogen-bond donors (Lipinski definition) is 2. The highest BCUT2D eigenvalue weighted by Gasteiger charge is 2.71. The topological polar surface area (TPSA) is 52.0 Å². The summed E-state index contributed by atoms with van der Waals surface area (Å²) in [6.07, 6.45) is 8.13. The van der Waals surface area contributed by atoms with Crippen LogP contribution >= 0.6 is 0 Å². The average molecular weight is 333 g/mol. The molecule has 2 heteroatoms. The molecule has 4 bridgehead atoms.